The maximum atomic E-state index is 10.4. The maximum absolute atomic E-state index is 10.4. The van der Waals surface area contributed by atoms with Crippen molar-refractivity contribution in [3.8, 4) is 5.75 Å². The van der Waals surface area contributed by atoms with Crippen LogP contribution in [0.5, 0.6) is 5.75 Å². The summed E-state index contributed by atoms with van der Waals surface area (Å²) < 4.78 is 5.52. The number of carbonyl (C=O) groups excluding carboxylic acids is 1. The highest BCUT2D eigenvalue weighted by molar-refractivity contribution is 5.74. The second kappa shape index (κ2) is 5.12. The van der Waals surface area contributed by atoms with E-state index < -0.39 is 0 Å². The first-order valence-electron chi connectivity index (χ1n) is 5.02. The minimum atomic E-state index is 0.512. The summed E-state index contributed by atoms with van der Waals surface area (Å²) in [7, 11) is 0. The Morgan fingerprint density at radius 1 is 1.12 bits per heavy atom. The molecule has 16 heavy (non-hydrogen) atoms. The topological polar surface area (TPSA) is 26.3 Å². The smallest absolute Gasteiger partial charge is 0.150 e. The van der Waals surface area contributed by atoms with Gasteiger partial charge in [0, 0.05) is 11.6 Å². The van der Waals surface area contributed by atoms with Crippen LogP contribution < -0.4 is 4.74 Å². The first-order chi connectivity index (χ1) is 7.88. The third-order valence-corrected chi connectivity index (χ3v) is 2.18. The van der Waals surface area contributed by atoms with Gasteiger partial charge in [0.1, 0.15) is 18.6 Å². The average molecular weight is 211 g/mol. The second-order valence-corrected chi connectivity index (χ2v) is 3.38. The molecule has 0 aliphatic heterocycles. The zero-order chi connectivity index (χ0) is 11.2. The largest absolute Gasteiger partial charge is 0.488 e. The van der Waals surface area contributed by atoms with Gasteiger partial charge >= 0.3 is 0 Å². The molecule has 2 nitrogen and oxygen atoms in total. The number of ether oxygens (including phenoxy) is 1. The molecule has 0 spiro atoms. The Kier molecular flexibility index (Phi) is 3.34. The number of rotatable bonds is 4. The van der Waals surface area contributed by atoms with Gasteiger partial charge < -0.3 is 4.74 Å². The van der Waals surface area contributed by atoms with Gasteiger partial charge in [-0.25, -0.2) is 0 Å². The van der Waals surface area contributed by atoms with Gasteiger partial charge in [-0.3, -0.25) is 4.79 Å². The summed E-state index contributed by atoms with van der Waals surface area (Å²) in [6.07, 6.45) is 0.789. The second-order valence-electron chi connectivity index (χ2n) is 3.38. The standard InChI is InChI=1S/C14H11O2/c15-10-12-6-8-14(9-7-12)16-11-13-4-2-1-3-5-13/h1-8,10H,11H2. The number of carbonyl (C=O) groups is 1. The summed E-state index contributed by atoms with van der Waals surface area (Å²) in [5.74, 6) is 0.648. The molecule has 0 amide bonds. The molecule has 0 saturated carbocycles. The SMILES string of the molecule is O=Cc1c[c]c(OCc2ccccc2)cc1. The van der Waals surface area contributed by atoms with Crippen molar-refractivity contribution >= 4 is 6.29 Å². The van der Waals surface area contributed by atoms with Crippen LogP contribution in [0.3, 0.4) is 0 Å². The van der Waals surface area contributed by atoms with Crippen molar-refractivity contribution in [1.29, 1.82) is 0 Å². The van der Waals surface area contributed by atoms with Crippen LogP contribution in [0.1, 0.15) is 15.9 Å². The van der Waals surface area contributed by atoms with E-state index in [1.807, 2.05) is 30.3 Å². The van der Waals surface area contributed by atoms with Crippen LogP contribution in [0.2, 0.25) is 0 Å². The maximum Gasteiger partial charge on any atom is 0.150 e. The summed E-state index contributed by atoms with van der Waals surface area (Å²) in [5, 5.41) is 0. The van der Waals surface area contributed by atoms with Crippen LogP contribution in [-0.4, -0.2) is 6.29 Å². The number of hydrogen-bond donors (Lipinski definition) is 0. The molecule has 2 heteroatoms. The predicted molar refractivity (Wildman–Crippen MR) is 61.4 cm³/mol. The number of hydrogen-bond acceptors (Lipinski definition) is 2. The molecule has 0 aromatic heterocycles. The molecule has 2 aromatic rings. The molecule has 0 N–H and O–H groups in total. The van der Waals surface area contributed by atoms with E-state index in [4.69, 9.17) is 4.74 Å². The Bertz CT molecular complexity index is 446. The van der Waals surface area contributed by atoms with Gasteiger partial charge in [0.05, 0.1) is 0 Å². The molecular formula is C14H11O2. The fourth-order valence-corrected chi connectivity index (χ4v) is 1.32. The monoisotopic (exact) mass is 211 g/mol. The average Bonchev–Trinajstić information content (AvgIpc) is 2.38. The lowest BCUT2D eigenvalue weighted by Gasteiger charge is -2.05. The Balaban J connectivity index is 1.97. The van der Waals surface area contributed by atoms with Gasteiger partial charge in [-0.1, -0.05) is 30.3 Å². The molecule has 0 aliphatic carbocycles. The molecule has 2 rings (SSSR count). The summed E-state index contributed by atoms with van der Waals surface area (Å²) in [6.45, 7) is 0.512. The highest BCUT2D eigenvalue weighted by Gasteiger charge is 1.96. The molecule has 0 atom stereocenters. The van der Waals surface area contributed by atoms with Crippen LogP contribution in [0.4, 0.5) is 0 Å². The van der Waals surface area contributed by atoms with Crippen molar-refractivity contribution in [2.75, 3.05) is 0 Å². The zero-order valence-corrected chi connectivity index (χ0v) is 8.72. The highest BCUT2D eigenvalue weighted by Crippen LogP contribution is 2.12. The molecule has 0 saturated heterocycles. The van der Waals surface area contributed by atoms with Crippen molar-refractivity contribution in [1.82, 2.24) is 0 Å². The summed E-state index contributed by atoms with van der Waals surface area (Å²) in [6, 6.07) is 17.9. The van der Waals surface area contributed by atoms with E-state index in [0.717, 1.165) is 11.8 Å². The molecule has 0 heterocycles. The van der Waals surface area contributed by atoms with E-state index >= 15 is 0 Å². The first-order valence-corrected chi connectivity index (χ1v) is 5.02. The molecule has 0 unspecified atom stereocenters. The molecule has 79 valence electrons. The first kappa shape index (κ1) is 10.4. The predicted octanol–water partition coefficient (Wildman–Crippen LogP) is 2.88. The van der Waals surface area contributed by atoms with Gasteiger partial charge in [0.2, 0.25) is 0 Å². The molecule has 1 radical (unpaired) electrons. The van der Waals surface area contributed by atoms with E-state index in [0.29, 0.717) is 17.9 Å². The van der Waals surface area contributed by atoms with Crippen molar-refractivity contribution in [3.63, 3.8) is 0 Å². The minimum absolute atomic E-state index is 0.512. The van der Waals surface area contributed by atoms with Gasteiger partial charge in [-0.2, -0.15) is 0 Å². The third kappa shape index (κ3) is 2.70. The fraction of sp³-hybridized carbons (Fsp3) is 0.0714. The number of benzene rings is 2. The van der Waals surface area contributed by atoms with Crippen LogP contribution in [0.15, 0.2) is 48.5 Å². The van der Waals surface area contributed by atoms with E-state index in [9.17, 15) is 4.79 Å². The van der Waals surface area contributed by atoms with Crippen LogP contribution in [0, 0.1) is 6.07 Å². The van der Waals surface area contributed by atoms with E-state index in [2.05, 4.69) is 6.07 Å². The van der Waals surface area contributed by atoms with Crippen molar-refractivity contribution in [2.24, 2.45) is 0 Å². The Morgan fingerprint density at radius 2 is 1.94 bits per heavy atom. The van der Waals surface area contributed by atoms with Gasteiger partial charge in [0.15, 0.2) is 0 Å². The summed E-state index contributed by atoms with van der Waals surface area (Å²) in [5.41, 5.74) is 1.71. The normalized spacial score (nSPS) is 9.75. The van der Waals surface area contributed by atoms with Crippen LogP contribution >= 0.6 is 0 Å². The lowest BCUT2D eigenvalue weighted by atomic mass is 10.2. The Morgan fingerprint density at radius 3 is 2.56 bits per heavy atom. The molecule has 0 bridgehead atoms. The lowest BCUT2D eigenvalue weighted by molar-refractivity contribution is 0.112. The lowest BCUT2D eigenvalue weighted by Crippen LogP contribution is -1.95. The molecular weight excluding hydrogens is 200 g/mol. The zero-order valence-electron chi connectivity index (χ0n) is 8.72. The van der Waals surface area contributed by atoms with Crippen molar-refractivity contribution < 1.29 is 9.53 Å². The third-order valence-electron chi connectivity index (χ3n) is 2.18. The van der Waals surface area contributed by atoms with E-state index in [-0.39, 0.29) is 0 Å². The quantitative estimate of drug-likeness (QED) is 0.727. The van der Waals surface area contributed by atoms with Crippen molar-refractivity contribution in [3.05, 3.63) is 65.7 Å². The highest BCUT2D eigenvalue weighted by atomic mass is 16.5. The molecule has 0 fully saturated rings. The number of aldehydes is 1. The van der Waals surface area contributed by atoms with Gasteiger partial charge in [-0.15, -0.1) is 0 Å². The van der Waals surface area contributed by atoms with Crippen LogP contribution in [0.25, 0.3) is 0 Å². The van der Waals surface area contributed by atoms with Crippen LogP contribution in [-0.2, 0) is 6.61 Å². The molecule has 2 aromatic carbocycles. The molecule has 0 aliphatic rings. The summed E-state index contributed by atoms with van der Waals surface area (Å²) in [4.78, 5) is 10.4. The van der Waals surface area contributed by atoms with Gasteiger partial charge in [-0.05, 0) is 23.8 Å². The minimum Gasteiger partial charge on any atom is -0.488 e. The fourth-order valence-electron chi connectivity index (χ4n) is 1.32. The Labute approximate surface area is 94.5 Å². The Hall–Kier alpha value is -2.09. The van der Waals surface area contributed by atoms with E-state index in [1.54, 1.807) is 18.2 Å². The van der Waals surface area contributed by atoms with E-state index in [1.165, 1.54) is 0 Å². The summed E-state index contributed by atoms with van der Waals surface area (Å²) >= 11 is 0. The van der Waals surface area contributed by atoms with Crippen molar-refractivity contribution in [2.45, 2.75) is 6.61 Å². The van der Waals surface area contributed by atoms with Gasteiger partial charge in [0.25, 0.3) is 0 Å².